The topological polar surface area (TPSA) is 63.5 Å². The first kappa shape index (κ1) is 18.9. The summed E-state index contributed by atoms with van der Waals surface area (Å²) in [6.45, 7) is 6.64. The zero-order valence-corrected chi connectivity index (χ0v) is 15.3. The highest BCUT2D eigenvalue weighted by Gasteiger charge is 2.11. The van der Waals surface area contributed by atoms with Crippen molar-refractivity contribution in [2.75, 3.05) is 20.8 Å². The van der Waals surface area contributed by atoms with Crippen molar-refractivity contribution < 1.29 is 9.13 Å². The predicted octanol–water partition coefficient (Wildman–Crippen LogP) is 2.15. The first-order valence-corrected chi connectivity index (χ1v) is 8.26. The molecule has 7 heteroatoms. The fourth-order valence-corrected chi connectivity index (χ4v) is 2.57. The quantitative estimate of drug-likeness (QED) is 0.595. The molecule has 6 nitrogen and oxygen atoms in total. The smallest absolute Gasteiger partial charge is 0.191 e. The minimum atomic E-state index is -0.234. The number of hydrogen-bond acceptors (Lipinski definition) is 3. The molecule has 136 valence electrons. The van der Waals surface area contributed by atoms with Gasteiger partial charge in [-0.25, -0.2) is 4.39 Å². The van der Waals surface area contributed by atoms with Crippen molar-refractivity contribution in [3.8, 4) is 0 Å². The highest BCUT2D eigenvalue weighted by molar-refractivity contribution is 5.79. The van der Waals surface area contributed by atoms with E-state index in [2.05, 4.69) is 27.6 Å². The lowest BCUT2D eigenvalue weighted by Gasteiger charge is -2.12. The van der Waals surface area contributed by atoms with Gasteiger partial charge in [0, 0.05) is 38.5 Å². The van der Waals surface area contributed by atoms with Crippen LogP contribution in [0.4, 0.5) is 4.39 Å². The van der Waals surface area contributed by atoms with Crippen LogP contribution in [-0.4, -0.2) is 36.5 Å². The Morgan fingerprint density at radius 1 is 1.20 bits per heavy atom. The number of benzene rings is 1. The van der Waals surface area contributed by atoms with Crippen molar-refractivity contribution in [3.05, 3.63) is 52.6 Å². The van der Waals surface area contributed by atoms with Gasteiger partial charge in [-0.2, -0.15) is 5.10 Å². The molecular weight excluding hydrogens is 321 g/mol. The van der Waals surface area contributed by atoms with Crippen molar-refractivity contribution in [1.82, 2.24) is 20.4 Å². The van der Waals surface area contributed by atoms with Gasteiger partial charge in [-0.1, -0.05) is 12.1 Å². The number of aliphatic imine (C=N–C) groups is 1. The molecule has 2 rings (SSSR count). The molecule has 0 amide bonds. The average Bonchev–Trinajstić information content (AvgIpc) is 2.88. The van der Waals surface area contributed by atoms with E-state index in [1.54, 1.807) is 26.3 Å². The van der Waals surface area contributed by atoms with E-state index in [9.17, 15) is 4.39 Å². The molecular formula is C18H26FN5O. The number of rotatable bonds is 7. The molecule has 0 unspecified atom stereocenters. The average molecular weight is 347 g/mol. The minimum absolute atomic E-state index is 0.234. The summed E-state index contributed by atoms with van der Waals surface area (Å²) in [6.07, 6.45) is 0. The van der Waals surface area contributed by atoms with Crippen LogP contribution in [0, 0.1) is 19.7 Å². The normalized spacial score (nSPS) is 11.6. The van der Waals surface area contributed by atoms with Gasteiger partial charge in [0.1, 0.15) is 5.82 Å². The zero-order valence-electron chi connectivity index (χ0n) is 15.3. The molecule has 0 aliphatic rings. The summed E-state index contributed by atoms with van der Waals surface area (Å²) in [4.78, 5) is 4.22. The number of aryl methyl sites for hydroxylation is 1. The summed E-state index contributed by atoms with van der Waals surface area (Å²) >= 11 is 0. The van der Waals surface area contributed by atoms with E-state index in [4.69, 9.17) is 4.74 Å². The highest BCUT2D eigenvalue weighted by Crippen LogP contribution is 2.12. The molecule has 0 aliphatic heterocycles. The first-order valence-electron chi connectivity index (χ1n) is 8.26. The van der Waals surface area contributed by atoms with Crippen LogP contribution in [0.15, 0.2) is 29.3 Å². The molecule has 0 saturated carbocycles. The number of nitrogens with one attached hydrogen (secondary N) is 2. The van der Waals surface area contributed by atoms with Gasteiger partial charge >= 0.3 is 0 Å². The fourth-order valence-electron chi connectivity index (χ4n) is 2.57. The highest BCUT2D eigenvalue weighted by atomic mass is 19.1. The number of guanidine groups is 1. The molecule has 0 bridgehead atoms. The maximum absolute atomic E-state index is 12.9. The third kappa shape index (κ3) is 5.29. The van der Waals surface area contributed by atoms with Gasteiger partial charge in [0.2, 0.25) is 0 Å². The van der Waals surface area contributed by atoms with Gasteiger partial charge in [0.05, 0.1) is 18.8 Å². The predicted molar refractivity (Wildman–Crippen MR) is 97.0 cm³/mol. The molecule has 0 radical (unpaired) electrons. The largest absolute Gasteiger partial charge is 0.383 e. The Morgan fingerprint density at radius 2 is 1.88 bits per heavy atom. The molecule has 0 saturated heterocycles. The van der Waals surface area contributed by atoms with Crippen molar-refractivity contribution in [3.63, 3.8) is 0 Å². The molecule has 0 aliphatic carbocycles. The van der Waals surface area contributed by atoms with Gasteiger partial charge in [0.15, 0.2) is 5.96 Å². The first-order chi connectivity index (χ1) is 12.0. The van der Waals surface area contributed by atoms with E-state index in [1.807, 2.05) is 11.6 Å². The van der Waals surface area contributed by atoms with Gasteiger partial charge in [-0.15, -0.1) is 0 Å². The molecule has 0 spiro atoms. The molecule has 1 aromatic carbocycles. The Hall–Kier alpha value is -2.41. The van der Waals surface area contributed by atoms with Crippen LogP contribution in [0.2, 0.25) is 0 Å². The molecule has 0 fully saturated rings. The monoisotopic (exact) mass is 347 g/mol. The van der Waals surface area contributed by atoms with Crippen LogP contribution in [0.5, 0.6) is 0 Å². The molecule has 1 aromatic heterocycles. The second-order valence-corrected chi connectivity index (χ2v) is 5.77. The number of hydrogen-bond donors (Lipinski definition) is 2. The second-order valence-electron chi connectivity index (χ2n) is 5.77. The van der Waals surface area contributed by atoms with E-state index >= 15 is 0 Å². The summed E-state index contributed by atoms with van der Waals surface area (Å²) < 4.78 is 20.0. The number of halogens is 1. The maximum Gasteiger partial charge on any atom is 0.191 e. The number of aromatic nitrogens is 2. The van der Waals surface area contributed by atoms with Crippen LogP contribution in [0.25, 0.3) is 0 Å². The molecule has 25 heavy (non-hydrogen) atoms. The second kappa shape index (κ2) is 9.17. The zero-order chi connectivity index (χ0) is 18.2. The third-order valence-corrected chi connectivity index (χ3v) is 4.07. The van der Waals surface area contributed by atoms with Crippen molar-refractivity contribution in [2.24, 2.45) is 4.99 Å². The summed E-state index contributed by atoms with van der Waals surface area (Å²) in [6, 6.07) is 6.41. The molecule has 1 heterocycles. The van der Waals surface area contributed by atoms with Gasteiger partial charge in [0.25, 0.3) is 0 Å². The molecule has 0 atom stereocenters. The standard InChI is InChI=1S/C18H26FN5O/c1-13-17(14(2)24(23-13)9-10-25-4)12-22-18(20-3)21-11-15-5-7-16(19)8-6-15/h5-8H,9-12H2,1-4H3,(H2,20,21,22). The van der Waals surface area contributed by atoms with E-state index < -0.39 is 0 Å². The summed E-state index contributed by atoms with van der Waals surface area (Å²) in [7, 11) is 3.41. The third-order valence-electron chi connectivity index (χ3n) is 4.07. The van der Waals surface area contributed by atoms with E-state index in [1.165, 1.54) is 12.1 Å². The van der Waals surface area contributed by atoms with Crippen LogP contribution in [0.3, 0.4) is 0 Å². The molecule has 2 N–H and O–H groups in total. The lowest BCUT2D eigenvalue weighted by atomic mass is 10.2. The van der Waals surface area contributed by atoms with Crippen LogP contribution >= 0.6 is 0 Å². The van der Waals surface area contributed by atoms with E-state index in [0.29, 0.717) is 25.7 Å². The van der Waals surface area contributed by atoms with Gasteiger partial charge in [-0.3, -0.25) is 9.67 Å². The fraction of sp³-hybridized carbons (Fsp3) is 0.444. The van der Waals surface area contributed by atoms with Crippen molar-refractivity contribution in [2.45, 2.75) is 33.5 Å². The van der Waals surface area contributed by atoms with E-state index in [0.717, 1.165) is 29.1 Å². The minimum Gasteiger partial charge on any atom is -0.383 e. The Morgan fingerprint density at radius 3 is 2.52 bits per heavy atom. The Kier molecular flexibility index (Phi) is 6.94. The Bertz CT molecular complexity index is 709. The van der Waals surface area contributed by atoms with E-state index in [-0.39, 0.29) is 5.82 Å². The summed E-state index contributed by atoms with van der Waals surface area (Å²) in [5, 5.41) is 11.1. The SMILES string of the molecule is CN=C(NCc1ccc(F)cc1)NCc1c(C)nn(CCOC)c1C. The number of ether oxygens (including phenoxy) is 1. The lowest BCUT2D eigenvalue weighted by molar-refractivity contribution is 0.182. The maximum atomic E-state index is 12.9. The Labute approximate surface area is 148 Å². The summed E-state index contributed by atoms with van der Waals surface area (Å²) in [5.74, 6) is 0.454. The number of nitrogens with zero attached hydrogens (tertiary/aromatic N) is 3. The summed E-state index contributed by atoms with van der Waals surface area (Å²) in [5.41, 5.74) is 4.26. The van der Waals surface area contributed by atoms with Crippen LogP contribution < -0.4 is 10.6 Å². The Balaban J connectivity index is 1.92. The van der Waals surface area contributed by atoms with Gasteiger partial charge < -0.3 is 15.4 Å². The lowest BCUT2D eigenvalue weighted by Crippen LogP contribution is -2.36. The number of methoxy groups -OCH3 is 1. The van der Waals surface area contributed by atoms with Crippen molar-refractivity contribution >= 4 is 5.96 Å². The van der Waals surface area contributed by atoms with Crippen molar-refractivity contribution in [1.29, 1.82) is 0 Å². The molecule has 2 aromatic rings. The van der Waals surface area contributed by atoms with Crippen LogP contribution in [-0.2, 0) is 24.4 Å². The van der Waals surface area contributed by atoms with Gasteiger partial charge in [-0.05, 0) is 31.5 Å². The van der Waals surface area contributed by atoms with Crippen LogP contribution in [0.1, 0.15) is 22.5 Å².